The van der Waals surface area contributed by atoms with Crippen LogP contribution in [0.4, 0.5) is 11.5 Å². The van der Waals surface area contributed by atoms with E-state index in [1.807, 2.05) is 29.2 Å². The van der Waals surface area contributed by atoms with Crippen LogP contribution in [0.15, 0.2) is 58.0 Å². The Morgan fingerprint density at radius 3 is 2.86 bits per heavy atom. The van der Waals surface area contributed by atoms with Crippen LogP contribution in [0.5, 0.6) is 11.6 Å². The molecule has 0 fully saturated rings. The molecule has 11 nitrogen and oxygen atoms in total. The number of aryl methyl sites for hydroxylation is 1. The maximum atomic E-state index is 12.2. The first-order chi connectivity index (χ1) is 17.9. The minimum absolute atomic E-state index is 0.0723. The molecule has 2 aromatic carbocycles. The molecule has 0 amide bonds. The van der Waals surface area contributed by atoms with Crippen LogP contribution in [-0.2, 0) is 13.0 Å². The zero-order valence-corrected chi connectivity index (χ0v) is 19.5. The van der Waals surface area contributed by atoms with Crippen LogP contribution in [0.25, 0.3) is 21.9 Å². The maximum absolute atomic E-state index is 12.2. The zero-order valence-electron chi connectivity index (χ0n) is 19.5. The molecule has 1 N–H and O–H groups in total. The van der Waals surface area contributed by atoms with E-state index in [1.165, 1.54) is 18.0 Å². The van der Waals surface area contributed by atoms with Gasteiger partial charge in [0.25, 0.3) is 0 Å². The topological polar surface area (TPSA) is 151 Å². The highest BCUT2D eigenvalue weighted by Crippen LogP contribution is 2.39. The van der Waals surface area contributed by atoms with Crippen LogP contribution in [0, 0.1) is 28.4 Å². The first kappa shape index (κ1) is 22.2. The van der Waals surface area contributed by atoms with Crippen molar-refractivity contribution in [3.8, 4) is 17.7 Å². The van der Waals surface area contributed by atoms with E-state index in [-0.39, 0.29) is 34.3 Å². The minimum atomic E-state index is -0.763. The van der Waals surface area contributed by atoms with Gasteiger partial charge < -0.3 is 19.0 Å². The number of hydrogen-bond donors (Lipinski definition) is 1. The Bertz CT molecular complexity index is 1830. The van der Waals surface area contributed by atoms with Gasteiger partial charge in [0.2, 0.25) is 5.82 Å². The number of rotatable bonds is 4. The van der Waals surface area contributed by atoms with E-state index in [9.17, 15) is 20.2 Å². The van der Waals surface area contributed by atoms with Crippen molar-refractivity contribution >= 4 is 33.4 Å². The number of anilines is 1. The molecule has 4 heterocycles. The van der Waals surface area contributed by atoms with E-state index in [2.05, 4.69) is 21.0 Å². The highest BCUT2D eigenvalue weighted by molar-refractivity contribution is 5.85. The van der Waals surface area contributed by atoms with Crippen molar-refractivity contribution in [1.29, 1.82) is 5.26 Å². The molecule has 0 radical (unpaired) electrons. The number of nitrogens with one attached hydrogen (secondary N) is 1. The molecule has 5 aromatic rings. The molecule has 0 saturated carbocycles. The summed E-state index contributed by atoms with van der Waals surface area (Å²) in [5.41, 5.74) is 2.69. The summed E-state index contributed by atoms with van der Waals surface area (Å²) >= 11 is 0. The van der Waals surface area contributed by atoms with Crippen LogP contribution < -0.4 is 15.3 Å². The number of aromatic amines is 1. The molecule has 3 aromatic heterocycles. The van der Waals surface area contributed by atoms with E-state index < -0.39 is 10.5 Å². The third-order valence-corrected chi connectivity index (χ3v) is 6.60. The van der Waals surface area contributed by atoms with Crippen LogP contribution in [-0.4, -0.2) is 26.4 Å². The standard InChI is InChI=1S/C26H18N6O5/c1-14-16-7-6-15(10-22(16)37-26(33)19(14)11-27)36-25-23(32(34)35)24(28-13-29-25)31-9-8-18-17-4-2-3-5-20(17)30-21(18)12-31/h2-7,10,13,30H,8-9,12H2,1H3. The van der Waals surface area contributed by atoms with Gasteiger partial charge in [-0.25, -0.2) is 9.78 Å². The molecule has 182 valence electrons. The first-order valence-corrected chi connectivity index (χ1v) is 11.4. The highest BCUT2D eigenvalue weighted by Gasteiger charge is 2.31. The summed E-state index contributed by atoms with van der Waals surface area (Å²) in [4.78, 5) is 37.2. The number of H-pyrrole nitrogens is 1. The van der Waals surface area contributed by atoms with Crippen LogP contribution in [0.1, 0.15) is 22.4 Å². The number of aromatic nitrogens is 3. The monoisotopic (exact) mass is 494 g/mol. The quantitative estimate of drug-likeness (QED) is 0.216. The van der Waals surface area contributed by atoms with Gasteiger partial charge in [0.15, 0.2) is 0 Å². The third kappa shape index (κ3) is 3.63. The Hall–Kier alpha value is -5.24. The molecular weight excluding hydrogens is 476 g/mol. The van der Waals surface area contributed by atoms with Gasteiger partial charge in [-0.3, -0.25) is 10.1 Å². The Morgan fingerprint density at radius 2 is 2.05 bits per heavy atom. The second kappa shape index (κ2) is 8.46. The van der Waals surface area contributed by atoms with Crippen molar-refractivity contribution in [3.63, 3.8) is 0 Å². The van der Waals surface area contributed by atoms with Gasteiger partial charge in [-0.15, -0.1) is 0 Å². The summed E-state index contributed by atoms with van der Waals surface area (Å²) in [6.07, 6.45) is 1.92. The number of fused-ring (bicyclic) bond motifs is 4. The summed E-state index contributed by atoms with van der Waals surface area (Å²) in [6, 6.07) is 14.5. The average molecular weight is 494 g/mol. The normalized spacial score (nSPS) is 12.9. The molecule has 0 saturated heterocycles. The van der Waals surface area contributed by atoms with E-state index >= 15 is 0 Å². The number of nitriles is 1. The van der Waals surface area contributed by atoms with Gasteiger partial charge >= 0.3 is 17.2 Å². The second-order valence-corrected chi connectivity index (χ2v) is 8.67. The first-order valence-electron chi connectivity index (χ1n) is 11.4. The fraction of sp³-hybridized carbons (Fsp3) is 0.154. The lowest BCUT2D eigenvalue weighted by Crippen LogP contribution is -2.31. The zero-order chi connectivity index (χ0) is 25.7. The SMILES string of the molecule is Cc1c(C#N)c(=O)oc2cc(Oc3ncnc(N4CCc5c([nH]c6ccccc56)C4)c3[N+](=O)[O-])ccc12. The van der Waals surface area contributed by atoms with Crippen molar-refractivity contribution in [1.82, 2.24) is 15.0 Å². The molecule has 0 atom stereocenters. The van der Waals surface area contributed by atoms with Gasteiger partial charge in [-0.05, 0) is 42.7 Å². The summed E-state index contributed by atoms with van der Waals surface area (Å²) in [5, 5.41) is 23.1. The Balaban J connectivity index is 1.37. The van der Waals surface area contributed by atoms with Gasteiger partial charge in [0.1, 0.15) is 29.3 Å². The van der Waals surface area contributed by atoms with Crippen LogP contribution in [0.3, 0.4) is 0 Å². The molecule has 1 aliphatic rings. The van der Waals surface area contributed by atoms with Crippen molar-refractivity contribution in [3.05, 3.63) is 91.7 Å². The average Bonchev–Trinajstić information content (AvgIpc) is 3.26. The van der Waals surface area contributed by atoms with Crippen molar-refractivity contribution in [2.75, 3.05) is 11.4 Å². The summed E-state index contributed by atoms with van der Waals surface area (Å²) < 4.78 is 11.1. The molecule has 0 spiro atoms. The van der Waals surface area contributed by atoms with Gasteiger partial charge in [-0.1, -0.05) is 18.2 Å². The minimum Gasteiger partial charge on any atom is -0.433 e. The van der Waals surface area contributed by atoms with E-state index in [0.29, 0.717) is 30.5 Å². The summed E-state index contributed by atoms with van der Waals surface area (Å²) in [6.45, 7) is 2.60. The van der Waals surface area contributed by atoms with Crippen molar-refractivity contribution in [2.45, 2.75) is 19.9 Å². The predicted octanol–water partition coefficient (Wildman–Crippen LogP) is 4.51. The molecule has 0 aliphatic carbocycles. The highest BCUT2D eigenvalue weighted by atomic mass is 16.6. The largest absolute Gasteiger partial charge is 0.433 e. The second-order valence-electron chi connectivity index (χ2n) is 8.67. The molecule has 6 rings (SSSR count). The van der Waals surface area contributed by atoms with Gasteiger partial charge in [-0.2, -0.15) is 10.2 Å². The Morgan fingerprint density at radius 1 is 1.22 bits per heavy atom. The molecule has 11 heteroatoms. The van der Waals surface area contributed by atoms with Crippen LogP contribution >= 0.6 is 0 Å². The third-order valence-electron chi connectivity index (χ3n) is 6.60. The Kier molecular flexibility index (Phi) is 5.08. The fourth-order valence-electron chi connectivity index (χ4n) is 4.83. The van der Waals surface area contributed by atoms with Gasteiger partial charge in [0.05, 0.1) is 11.5 Å². The molecule has 1 aliphatic heterocycles. The predicted molar refractivity (Wildman–Crippen MR) is 134 cm³/mol. The van der Waals surface area contributed by atoms with E-state index in [4.69, 9.17) is 9.15 Å². The number of para-hydroxylation sites is 1. The summed E-state index contributed by atoms with van der Waals surface area (Å²) in [5.74, 6) is 0.106. The number of ether oxygens (including phenoxy) is 1. The van der Waals surface area contributed by atoms with Crippen molar-refractivity contribution < 1.29 is 14.1 Å². The number of hydrogen-bond acceptors (Lipinski definition) is 9. The van der Waals surface area contributed by atoms with E-state index in [0.717, 1.165) is 16.6 Å². The lowest BCUT2D eigenvalue weighted by molar-refractivity contribution is -0.385. The fourth-order valence-corrected chi connectivity index (χ4v) is 4.83. The smallest absolute Gasteiger partial charge is 0.373 e. The number of nitro groups is 1. The lowest BCUT2D eigenvalue weighted by atomic mass is 10.0. The van der Waals surface area contributed by atoms with Crippen LogP contribution in [0.2, 0.25) is 0 Å². The maximum Gasteiger partial charge on any atom is 0.373 e. The molecular formula is C26H18N6O5. The molecule has 0 unspecified atom stereocenters. The van der Waals surface area contributed by atoms with Crippen molar-refractivity contribution in [2.24, 2.45) is 0 Å². The lowest BCUT2D eigenvalue weighted by Gasteiger charge is -2.27. The van der Waals surface area contributed by atoms with E-state index in [1.54, 1.807) is 19.1 Å². The Labute approximate surface area is 208 Å². The molecule has 37 heavy (non-hydrogen) atoms. The number of nitrogens with zero attached hydrogens (tertiary/aromatic N) is 5. The number of benzene rings is 2. The molecule has 0 bridgehead atoms. The summed E-state index contributed by atoms with van der Waals surface area (Å²) in [7, 11) is 0. The van der Waals surface area contributed by atoms with Gasteiger partial charge in [0, 0.05) is 34.6 Å².